The van der Waals surface area contributed by atoms with Gasteiger partial charge in [0.2, 0.25) is 0 Å². The Hall–Kier alpha value is -3.00. The SMILES string of the molecule is Cc1cc(Oc2ncccn2)ccc1NC(=O)[C@@H]1CC[C@H](C(=O)O)O1. The zero-order valence-electron chi connectivity index (χ0n) is 13.5. The first-order valence-corrected chi connectivity index (χ1v) is 7.77. The molecule has 8 nitrogen and oxygen atoms in total. The molecule has 1 fully saturated rings. The molecule has 1 aromatic heterocycles. The highest BCUT2D eigenvalue weighted by Gasteiger charge is 2.34. The van der Waals surface area contributed by atoms with Gasteiger partial charge in [0.15, 0.2) is 6.10 Å². The summed E-state index contributed by atoms with van der Waals surface area (Å²) in [4.78, 5) is 31.1. The minimum absolute atomic E-state index is 0.234. The van der Waals surface area contributed by atoms with Gasteiger partial charge in [0.1, 0.15) is 11.9 Å². The lowest BCUT2D eigenvalue weighted by Crippen LogP contribution is -2.30. The number of ether oxygens (including phenoxy) is 2. The molecule has 130 valence electrons. The van der Waals surface area contributed by atoms with Crippen LogP contribution in [0.25, 0.3) is 0 Å². The smallest absolute Gasteiger partial charge is 0.332 e. The lowest BCUT2D eigenvalue weighted by molar-refractivity contribution is -0.150. The number of carboxylic acid groups (broad SMARTS) is 1. The summed E-state index contributed by atoms with van der Waals surface area (Å²) in [5.74, 6) is -0.854. The summed E-state index contributed by atoms with van der Waals surface area (Å²) >= 11 is 0. The van der Waals surface area contributed by atoms with Crippen molar-refractivity contribution in [2.75, 3.05) is 5.32 Å². The molecule has 25 heavy (non-hydrogen) atoms. The van der Waals surface area contributed by atoms with Crippen molar-refractivity contribution >= 4 is 17.6 Å². The molecule has 1 aromatic carbocycles. The number of amides is 1. The molecule has 8 heteroatoms. The van der Waals surface area contributed by atoms with E-state index in [1.807, 2.05) is 6.92 Å². The third-order valence-corrected chi connectivity index (χ3v) is 3.79. The van der Waals surface area contributed by atoms with Gasteiger partial charge in [0, 0.05) is 18.1 Å². The maximum Gasteiger partial charge on any atom is 0.332 e. The number of aryl methyl sites for hydroxylation is 1. The topological polar surface area (TPSA) is 111 Å². The van der Waals surface area contributed by atoms with Crippen LogP contribution in [-0.4, -0.2) is 39.2 Å². The first kappa shape index (κ1) is 16.8. The third kappa shape index (κ3) is 4.10. The highest BCUT2D eigenvalue weighted by atomic mass is 16.5. The molecule has 2 atom stereocenters. The Bertz CT molecular complexity index is 781. The molecule has 0 saturated carbocycles. The number of hydrogen-bond acceptors (Lipinski definition) is 6. The van der Waals surface area contributed by atoms with E-state index in [2.05, 4.69) is 15.3 Å². The Morgan fingerprint density at radius 3 is 2.60 bits per heavy atom. The molecule has 3 rings (SSSR count). The Morgan fingerprint density at radius 2 is 1.96 bits per heavy atom. The Morgan fingerprint density at radius 1 is 1.24 bits per heavy atom. The van der Waals surface area contributed by atoms with Crippen molar-refractivity contribution in [3.63, 3.8) is 0 Å². The monoisotopic (exact) mass is 343 g/mol. The minimum Gasteiger partial charge on any atom is -0.479 e. The average molecular weight is 343 g/mol. The number of nitrogens with one attached hydrogen (secondary N) is 1. The maximum absolute atomic E-state index is 12.2. The van der Waals surface area contributed by atoms with E-state index in [4.69, 9.17) is 14.6 Å². The standard InChI is InChI=1S/C17H17N3O5/c1-10-9-11(24-17-18-7-2-8-19-17)3-4-12(10)20-15(21)13-5-6-14(25-13)16(22)23/h2-4,7-9,13-14H,5-6H2,1H3,(H,20,21)(H,22,23)/t13-,14+/m0/s1. The fraction of sp³-hybridized carbons (Fsp3) is 0.294. The van der Waals surface area contributed by atoms with E-state index in [0.717, 1.165) is 5.56 Å². The van der Waals surface area contributed by atoms with E-state index in [0.29, 0.717) is 24.3 Å². The van der Waals surface area contributed by atoms with Crippen LogP contribution >= 0.6 is 0 Å². The number of nitrogens with zero attached hydrogens (tertiary/aromatic N) is 2. The molecule has 2 heterocycles. The van der Waals surface area contributed by atoms with Gasteiger partial charge in [0.25, 0.3) is 5.91 Å². The Balaban J connectivity index is 1.63. The highest BCUT2D eigenvalue weighted by Crippen LogP contribution is 2.26. The van der Waals surface area contributed by atoms with Crippen LogP contribution in [0.2, 0.25) is 0 Å². The number of benzene rings is 1. The summed E-state index contributed by atoms with van der Waals surface area (Å²) in [6.45, 7) is 1.82. The zero-order valence-corrected chi connectivity index (χ0v) is 13.5. The summed E-state index contributed by atoms with van der Waals surface area (Å²) in [6, 6.07) is 7.07. The maximum atomic E-state index is 12.2. The number of anilines is 1. The molecule has 2 N–H and O–H groups in total. The first-order valence-electron chi connectivity index (χ1n) is 7.77. The van der Waals surface area contributed by atoms with Crippen molar-refractivity contribution in [3.05, 3.63) is 42.2 Å². The highest BCUT2D eigenvalue weighted by molar-refractivity contribution is 5.95. The molecule has 0 unspecified atom stereocenters. The quantitative estimate of drug-likeness (QED) is 0.855. The van der Waals surface area contributed by atoms with Crippen molar-refractivity contribution in [1.29, 1.82) is 0 Å². The number of hydrogen-bond donors (Lipinski definition) is 2. The van der Waals surface area contributed by atoms with Crippen molar-refractivity contribution in [2.45, 2.75) is 32.0 Å². The van der Waals surface area contributed by atoms with E-state index in [1.54, 1.807) is 36.7 Å². The summed E-state index contributed by atoms with van der Waals surface area (Å²) < 4.78 is 10.8. The zero-order chi connectivity index (χ0) is 17.8. The first-order chi connectivity index (χ1) is 12.0. The van der Waals surface area contributed by atoms with Gasteiger partial charge in [-0.2, -0.15) is 0 Å². The second-order valence-electron chi connectivity index (χ2n) is 5.63. The van der Waals surface area contributed by atoms with Gasteiger partial charge in [-0.15, -0.1) is 0 Å². The molecule has 1 aliphatic rings. The van der Waals surface area contributed by atoms with Gasteiger partial charge < -0.3 is 19.9 Å². The lowest BCUT2D eigenvalue weighted by atomic mass is 10.1. The second-order valence-corrected chi connectivity index (χ2v) is 5.63. The van der Waals surface area contributed by atoms with Crippen LogP contribution < -0.4 is 10.1 Å². The number of rotatable bonds is 5. The van der Waals surface area contributed by atoms with Gasteiger partial charge in [-0.1, -0.05) is 0 Å². The van der Waals surface area contributed by atoms with Gasteiger partial charge in [-0.05, 0) is 49.6 Å². The van der Waals surface area contributed by atoms with Gasteiger partial charge in [-0.25, -0.2) is 14.8 Å². The third-order valence-electron chi connectivity index (χ3n) is 3.79. The van der Waals surface area contributed by atoms with Crippen LogP contribution in [0.4, 0.5) is 5.69 Å². The predicted octanol–water partition coefficient (Wildman–Crippen LogP) is 2.15. The van der Waals surface area contributed by atoms with E-state index in [9.17, 15) is 9.59 Å². The van der Waals surface area contributed by atoms with Crippen LogP contribution in [-0.2, 0) is 14.3 Å². The van der Waals surface area contributed by atoms with E-state index in [-0.39, 0.29) is 11.9 Å². The minimum atomic E-state index is -1.05. The number of carbonyl (C=O) groups is 2. The number of carboxylic acids is 1. The molecule has 2 aromatic rings. The van der Waals surface area contributed by atoms with Crippen molar-refractivity contribution < 1.29 is 24.2 Å². The van der Waals surface area contributed by atoms with Crippen molar-refractivity contribution in [1.82, 2.24) is 9.97 Å². The lowest BCUT2D eigenvalue weighted by Gasteiger charge is -2.14. The van der Waals surface area contributed by atoms with Gasteiger partial charge >= 0.3 is 12.0 Å². The molecule has 1 aliphatic heterocycles. The molecule has 0 bridgehead atoms. The summed E-state index contributed by atoms with van der Waals surface area (Å²) in [6.07, 6.45) is 2.20. The van der Waals surface area contributed by atoms with Crippen molar-refractivity contribution in [3.8, 4) is 11.8 Å². The molecule has 0 spiro atoms. The molecule has 0 radical (unpaired) electrons. The number of carbonyl (C=O) groups excluding carboxylic acids is 1. The van der Waals surface area contributed by atoms with E-state index in [1.165, 1.54) is 0 Å². The summed E-state index contributed by atoms with van der Waals surface area (Å²) in [7, 11) is 0. The summed E-state index contributed by atoms with van der Waals surface area (Å²) in [5.41, 5.74) is 1.39. The van der Waals surface area contributed by atoms with Crippen LogP contribution in [0, 0.1) is 6.92 Å². The molecule has 1 saturated heterocycles. The van der Waals surface area contributed by atoms with Crippen LogP contribution in [0.15, 0.2) is 36.7 Å². The van der Waals surface area contributed by atoms with Gasteiger partial charge in [0.05, 0.1) is 0 Å². The van der Waals surface area contributed by atoms with Crippen LogP contribution in [0.5, 0.6) is 11.8 Å². The Labute approximate surface area is 143 Å². The van der Waals surface area contributed by atoms with Crippen molar-refractivity contribution in [2.24, 2.45) is 0 Å². The average Bonchev–Trinajstić information content (AvgIpc) is 3.09. The molecule has 0 aliphatic carbocycles. The normalized spacial score (nSPS) is 19.4. The molecular formula is C17H17N3O5. The number of aliphatic carboxylic acids is 1. The molecule has 1 amide bonds. The van der Waals surface area contributed by atoms with E-state index < -0.39 is 18.2 Å². The largest absolute Gasteiger partial charge is 0.479 e. The summed E-state index contributed by atoms with van der Waals surface area (Å²) in [5, 5.41) is 11.7. The van der Waals surface area contributed by atoms with Crippen LogP contribution in [0.1, 0.15) is 18.4 Å². The second kappa shape index (κ2) is 7.27. The fourth-order valence-corrected chi connectivity index (χ4v) is 2.51. The van der Waals surface area contributed by atoms with Gasteiger partial charge in [-0.3, -0.25) is 4.79 Å². The Kier molecular flexibility index (Phi) is 4.90. The predicted molar refractivity (Wildman–Crippen MR) is 87.4 cm³/mol. The number of aromatic nitrogens is 2. The van der Waals surface area contributed by atoms with E-state index >= 15 is 0 Å². The van der Waals surface area contributed by atoms with Crippen LogP contribution in [0.3, 0.4) is 0 Å². The molecular weight excluding hydrogens is 326 g/mol. The fourth-order valence-electron chi connectivity index (χ4n) is 2.51.